The van der Waals surface area contributed by atoms with E-state index in [2.05, 4.69) is 15.3 Å². The second-order valence-corrected chi connectivity index (χ2v) is 5.97. The van der Waals surface area contributed by atoms with Gasteiger partial charge in [0.25, 0.3) is 0 Å². The lowest BCUT2D eigenvalue weighted by molar-refractivity contribution is 0.190. The van der Waals surface area contributed by atoms with E-state index in [1.807, 2.05) is 6.92 Å². The molecular formula is C19H19F2N3O2. The highest BCUT2D eigenvalue weighted by molar-refractivity contribution is 6.02. The highest BCUT2D eigenvalue weighted by Gasteiger charge is 2.13. The molecule has 5 nitrogen and oxygen atoms in total. The quantitative estimate of drug-likeness (QED) is 0.573. The summed E-state index contributed by atoms with van der Waals surface area (Å²) in [6.45, 7) is 2.33. The third-order valence-corrected chi connectivity index (χ3v) is 3.91. The molecule has 0 aliphatic carbocycles. The van der Waals surface area contributed by atoms with Gasteiger partial charge in [-0.25, -0.2) is 8.78 Å². The summed E-state index contributed by atoms with van der Waals surface area (Å²) in [5.74, 6) is -1.13. The molecule has 1 unspecified atom stereocenters. The van der Waals surface area contributed by atoms with Crippen LogP contribution in [0, 0.1) is 11.6 Å². The van der Waals surface area contributed by atoms with E-state index in [1.54, 1.807) is 31.4 Å². The molecule has 7 heteroatoms. The van der Waals surface area contributed by atoms with Gasteiger partial charge in [0.15, 0.2) is 5.88 Å². The van der Waals surface area contributed by atoms with Crippen LogP contribution in [0.25, 0.3) is 10.9 Å². The topological polar surface area (TPSA) is 69.6 Å². The number of nitrogens with zero attached hydrogens (tertiary/aromatic N) is 1. The van der Waals surface area contributed by atoms with Crippen LogP contribution < -0.4 is 5.32 Å². The molecule has 3 aromatic rings. The van der Waals surface area contributed by atoms with Gasteiger partial charge >= 0.3 is 0 Å². The second-order valence-electron chi connectivity index (χ2n) is 5.97. The minimum atomic E-state index is -0.474. The number of aromatic amines is 1. The Morgan fingerprint density at radius 3 is 2.81 bits per heavy atom. The number of hydrogen-bond donors (Lipinski definition) is 3. The van der Waals surface area contributed by atoms with Gasteiger partial charge in [0.2, 0.25) is 0 Å². The Hall–Kier alpha value is -2.93. The van der Waals surface area contributed by atoms with E-state index < -0.39 is 11.6 Å². The van der Waals surface area contributed by atoms with Gasteiger partial charge in [0.1, 0.15) is 11.6 Å². The smallest absolute Gasteiger partial charge is 0.198 e. The Balaban J connectivity index is 1.86. The number of rotatable bonds is 6. The van der Waals surface area contributed by atoms with E-state index in [0.717, 1.165) is 0 Å². The van der Waals surface area contributed by atoms with E-state index in [9.17, 15) is 13.9 Å². The molecule has 0 fully saturated rings. The van der Waals surface area contributed by atoms with Crippen molar-refractivity contribution in [2.75, 3.05) is 19.0 Å². The number of nitrogens with one attached hydrogen (secondary N) is 2. The van der Waals surface area contributed by atoms with Gasteiger partial charge in [-0.05, 0) is 31.2 Å². The minimum Gasteiger partial charge on any atom is -0.494 e. The summed E-state index contributed by atoms with van der Waals surface area (Å²) in [6.07, 6.45) is 1.31. The van der Waals surface area contributed by atoms with Crippen LogP contribution in [-0.4, -0.2) is 36.1 Å². The molecule has 1 heterocycles. The van der Waals surface area contributed by atoms with Crippen molar-refractivity contribution in [1.82, 2.24) is 4.98 Å². The monoisotopic (exact) mass is 359 g/mol. The van der Waals surface area contributed by atoms with Crippen LogP contribution in [0.15, 0.2) is 41.4 Å². The normalized spacial score (nSPS) is 12.8. The van der Waals surface area contributed by atoms with Gasteiger partial charge in [-0.15, -0.1) is 0 Å². The largest absolute Gasteiger partial charge is 0.494 e. The Morgan fingerprint density at radius 2 is 2.08 bits per heavy atom. The van der Waals surface area contributed by atoms with E-state index in [1.165, 1.54) is 18.3 Å². The molecule has 0 radical (unpaired) electrons. The lowest BCUT2D eigenvalue weighted by Crippen LogP contribution is -2.21. The number of ether oxygens (including phenoxy) is 1. The molecule has 0 amide bonds. The molecule has 3 N–H and O–H groups in total. The first kappa shape index (κ1) is 17.9. The highest BCUT2D eigenvalue weighted by atomic mass is 19.1. The maximum absolute atomic E-state index is 14.2. The zero-order valence-electron chi connectivity index (χ0n) is 14.4. The van der Waals surface area contributed by atoms with Crippen molar-refractivity contribution in [3.8, 4) is 5.88 Å². The average Bonchev–Trinajstić information content (AvgIpc) is 2.92. The van der Waals surface area contributed by atoms with Gasteiger partial charge in [0.05, 0.1) is 29.1 Å². The van der Waals surface area contributed by atoms with Gasteiger partial charge < -0.3 is 20.1 Å². The predicted octanol–water partition coefficient (Wildman–Crippen LogP) is 4.35. The minimum absolute atomic E-state index is 0.0463. The van der Waals surface area contributed by atoms with Crippen molar-refractivity contribution in [1.29, 1.82) is 0 Å². The fraction of sp³-hybridized carbons (Fsp3) is 0.211. The maximum atomic E-state index is 14.2. The highest BCUT2D eigenvalue weighted by Crippen LogP contribution is 2.29. The van der Waals surface area contributed by atoms with E-state index in [-0.39, 0.29) is 22.9 Å². The van der Waals surface area contributed by atoms with E-state index in [4.69, 9.17) is 4.74 Å². The molecule has 3 rings (SSSR count). The number of methoxy groups -OCH3 is 1. The number of H-pyrrole nitrogens is 1. The first-order chi connectivity index (χ1) is 12.5. The number of aromatic nitrogens is 1. The molecule has 0 spiro atoms. The number of benzene rings is 2. The summed E-state index contributed by atoms with van der Waals surface area (Å²) in [5, 5.41) is 13.2. The lowest BCUT2D eigenvalue weighted by atomic mass is 10.1. The zero-order valence-corrected chi connectivity index (χ0v) is 14.4. The second kappa shape index (κ2) is 7.53. The predicted molar refractivity (Wildman–Crippen MR) is 98.5 cm³/mol. The van der Waals surface area contributed by atoms with Crippen LogP contribution in [0.4, 0.5) is 20.2 Å². The number of anilines is 1. The van der Waals surface area contributed by atoms with Gasteiger partial charge in [-0.3, -0.25) is 4.99 Å². The molecule has 1 aromatic heterocycles. The molecule has 0 bridgehead atoms. The van der Waals surface area contributed by atoms with Crippen molar-refractivity contribution in [3.63, 3.8) is 0 Å². The summed E-state index contributed by atoms with van der Waals surface area (Å²) >= 11 is 0. The van der Waals surface area contributed by atoms with E-state index in [0.29, 0.717) is 23.5 Å². The summed E-state index contributed by atoms with van der Waals surface area (Å²) in [7, 11) is 1.58. The molecule has 136 valence electrons. The average molecular weight is 359 g/mol. The fourth-order valence-electron chi connectivity index (χ4n) is 2.74. The molecule has 1 atom stereocenters. The molecule has 0 saturated carbocycles. The maximum Gasteiger partial charge on any atom is 0.198 e. The molecule has 0 aliphatic heterocycles. The van der Waals surface area contributed by atoms with Gasteiger partial charge in [0, 0.05) is 30.8 Å². The summed E-state index contributed by atoms with van der Waals surface area (Å²) in [6, 6.07) is 8.91. The fourth-order valence-corrected chi connectivity index (χ4v) is 2.74. The molecule has 2 aromatic carbocycles. The van der Waals surface area contributed by atoms with Crippen molar-refractivity contribution >= 4 is 28.5 Å². The number of hydrogen-bond acceptors (Lipinski definition) is 4. The van der Waals surface area contributed by atoms with Crippen molar-refractivity contribution in [2.45, 2.75) is 13.0 Å². The summed E-state index contributed by atoms with van der Waals surface area (Å²) in [4.78, 5) is 6.84. The number of fused-ring (bicyclic) bond motifs is 1. The number of halogens is 2. The number of aromatic hydroxyl groups is 1. The number of aliphatic imine (C=N–C) groups is 1. The van der Waals surface area contributed by atoms with Crippen LogP contribution in [0.1, 0.15) is 12.5 Å². The summed E-state index contributed by atoms with van der Waals surface area (Å²) < 4.78 is 33.2. The third-order valence-electron chi connectivity index (χ3n) is 3.91. The standard InChI is InChI=1S/C19H19F2N3O2/c1-11(10-26-2)23-16-7-6-12(8-15(16)21)22-9-13-18-14(20)4-3-5-17(18)24-19(13)25/h3-9,11,23-25H,10H2,1-2H3. The molecule has 0 saturated heterocycles. The van der Waals surface area contributed by atoms with Crippen molar-refractivity contribution in [2.24, 2.45) is 4.99 Å². The van der Waals surface area contributed by atoms with Gasteiger partial charge in [-0.1, -0.05) is 6.07 Å². The zero-order chi connectivity index (χ0) is 18.7. The summed E-state index contributed by atoms with van der Waals surface area (Å²) in [5.41, 5.74) is 1.36. The SMILES string of the molecule is COCC(C)Nc1ccc(N=Cc2c(O)[nH]c3cccc(F)c23)cc1F. The molecule has 0 aliphatic rings. The Labute approximate surface area is 149 Å². The lowest BCUT2D eigenvalue weighted by Gasteiger charge is -2.14. The van der Waals surface area contributed by atoms with Crippen LogP contribution in [0.2, 0.25) is 0 Å². The van der Waals surface area contributed by atoms with Crippen LogP contribution >= 0.6 is 0 Å². The van der Waals surface area contributed by atoms with Crippen LogP contribution in [0.5, 0.6) is 5.88 Å². The Kier molecular flexibility index (Phi) is 5.18. The Morgan fingerprint density at radius 1 is 1.27 bits per heavy atom. The Bertz CT molecular complexity index is 953. The third kappa shape index (κ3) is 3.67. The first-order valence-electron chi connectivity index (χ1n) is 8.08. The molecule has 26 heavy (non-hydrogen) atoms. The van der Waals surface area contributed by atoms with E-state index >= 15 is 0 Å². The molecular weight excluding hydrogens is 340 g/mol. The van der Waals surface area contributed by atoms with Gasteiger partial charge in [-0.2, -0.15) is 0 Å². The van der Waals surface area contributed by atoms with Crippen LogP contribution in [0.3, 0.4) is 0 Å². The van der Waals surface area contributed by atoms with Crippen molar-refractivity contribution < 1.29 is 18.6 Å². The first-order valence-corrected chi connectivity index (χ1v) is 8.08. The van der Waals surface area contributed by atoms with Crippen molar-refractivity contribution in [3.05, 3.63) is 53.6 Å². The van der Waals surface area contributed by atoms with Crippen LogP contribution in [-0.2, 0) is 4.74 Å².